The standard InChI is InChI=1S/C17H24N6/c1-21(2)16-15(18)17(20-13-19-16)23-10-8-22(9-11-23)12-14-6-4-3-5-7-14/h3-7,13H,8-12,18H2,1-2H3. The fraction of sp³-hybridized carbons (Fsp3) is 0.412. The number of rotatable bonds is 4. The maximum absolute atomic E-state index is 6.25. The molecule has 1 fully saturated rings. The van der Waals surface area contributed by atoms with E-state index in [1.807, 2.05) is 19.0 Å². The van der Waals surface area contributed by atoms with Crippen LogP contribution in [0.1, 0.15) is 5.56 Å². The number of nitrogens with zero attached hydrogens (tertiary/aromatic N) is 5. The fourth-order valence-corrected chi connectivity index (χ4v) is 2.95. The van der Waals surface area contributed by atoms with Crippen LogP contribution in [0.4, 0.5) is 17.3 Å². The fourth-order valence-electron chi connectivity index (χ4n) is 2.95. The highest BCUT2D eigenvalue weighted by Gasteiger charge is 2.21. The van der Waals surface area contributed by atoms with Crippen molar-refractivity contribution in [2.45, 2.75) is 6.54 Å². The minimum Gasteiger partial charge on any atom is -0.393 e. The van der Waals surface area contributed by atoms with Gasteiger partial charge < -0.3 is 15.5 Å². The number of nitrogen functional groups attached to an aromatic ring is 1. The van der Waals surface area contributed by atoms with Gasteiger partial charge in [-0.15, -0.1) is 0 Å². The van der Waals surface area contributed by atoms with Crippen molar-refractivity contribution < 1.29 is 0 Å². The van der Waals surface area contributed by atoms with Gasteiger partial charge in [0.25, 0.3) is 0 Å². The number of piperazine rings is 1. The third kappa shape index (κ3) is 3.53. The summed E-state index contributed by atoms with van der Waals surface area (Å²) in [4.78, 5) is 15.3. The van der Waals surface area contributed by atoms with Crippen LogP contribution in [0.15, 0.2) is 36.7 Å². The molecule has 2 aromatic rings. The van der Waals surface area contributed by atoms with Crippen LogP contribution in [-0.2, 0) is 6.54 Å². The van der Waals surface area contributed by atoms with Gasteiger partial charge >= 0.3 is 0 Å². The van der Waals surface area contributed by atoms with Crippen molar-refractivity contribution in [3.63, 3.8) is 0 Å². The highest BCUT2D eigenvalue weighted by molar-refractivity contribution is 5.75. The quantitative estimate of drug-likeness (QED) is 0.922. The largest absolute Gasteiger partial charge is 0.393 e. The average molecular weight is 312 g/mol. The first-order valence-corrected chi connectivity index (χ1v) is 7.94. The van der Waals surface area contributed by atoms with Crippen molar-refractivity contribution >= 4 is 17.3 Å². The third-order valence-corrected chi connectivity index (χ3v) is 4.19. The van der Waals surface area contributed by atoms with E-state index >= 15 is 0 Å². The molecule has 122 valence electrons. The van der Waals surface area contributed by atoms with E-state index in [9.17, 15) is 0 Å². The van der Waals surface area contributed by atoms with Crippen molar-refractivity contribution in [2.75, 3.05) is 55.8 Å². The molecule has 1 aliphatic heterocycles. The molecule has 0 aliphatic carbocycles. The molecule has 6 nitrogen and oxygen atoms in total. The highest BCUT2D eigenvalue weighted by atomic mass is 15.3. The Morgan fingerprint density at radius 1 is 1.04 bits per heavy atom. The van der Waals surface area contributed by atoms with E-state index < -0.39 is 0 Å². The average Bonchev–Trinajstić information content (AvgIpc) is 2.57. The summed E-state index contributed by atoms with van der Waals surface area (Å²) < 4.78 is 0. The third-order valence-electron chi connectivity index (χ3n) is 4.19. The van der Waals surface area contributed by atoms with Crippen LogP contribution in [0.5, 0.6) is 0 Å². The zero-order valence-corrected chi connectivity index (χ0v) is 13.8. The normalized spacial score (nSPS) is 15.7. The highest BCUT2D eigenvalue weighted by Crippen LogP contribution is 2.28. The lowest BCUT2D eigenvalue weighted by atomic mass is 10.2. The summed E-state index contributed by atoms with van der Waals surface area (Å²) in [6, 6.07) is 10.6. The predicted molar refractivity (Wildman–Crippen MR) is 94.7 cm³/mol. The molecule has 0 bridgehead atoms. The molecule has 1 saturated heterocycles. The summed E-state index contributed by atoms with van der Waals surface area (Å²) >= 11 is 0. The van der Waals surface area contributed by atoms with Crippen LogP contribution < -0.4 is 15.5 Å². The lowest BCUT2D eigenvalue weighted by molar-refractivity contribution is 0.249. The molecule has 23 heavy (non-hydrogen) atoms. The molecule has 0 amide bonds. The monoisotopic (exact) mass is 312 g/mol. The number of anilines is 3. The SMILES string of the molecule is CN(C)c1ncnc(N2CCN(Cc3ccccc3)CC2)c1N. The Balaban J connectivity index is 1.64. The van der Waals surface area contributed by atoms with Crippen LogP contribution in [0.3, 0.4) is 0 Å². The molecule has 1 aliphatic rings. The van der Waals surface area contributed by atoms with Crippen LogP contribution in [-0.4, -0.2) is 55.1 Å². The minimum atomic E-state index is 0.661. The molecule has 0 saturated carbocycles. The maximum atomic E-state index is 6.25. The van der Waals surface area contributed by atoms with E-state index in [4.69, 9.17) is 5.73 Å². The zero-order valence-electron chi connectivity index (χ0n) is 13.8. The summed E-state index contributed by atoms with van der Waals surface area (Å²) in [7, 11) is 3.89. The van der Waals surface area contributed by atoms with Gasteiger partial charge in [-0.3, -0.25) is 4.90 Å². The summed E-state index contributed by atoms with van der Waals surface area (Å²) in [5, 5.41) is 0. The van der Waals surface area contributed by atoms with Crippen LogP contribution >= 0.6 is 0 Å². The van der Waals surface area contributed by atoms with Crippen molar-refractivity contribution in [3.8, 4) is 0 Å². The molecule has 0 radical (unpaired) electrons. The lowest BCUT2D eigenvalue weighted by Gasteiger charge is -2.36. The molecule has 0 spiro atoms. The predicted octanol–water partition coefficient (Wildman–Crippen LogP) is 1.45. The molecule has 1 aromatic heterocycles. The van der Waals surface area contributed by atoms with Gasteiger partial charge in [-0.2, -0.15) is 0 Å². The second-order valence-corrected chi connectivity index (χ2v) is 6.08. The smallest absolute Gasteiger partial charge is 0.157 e. The number of nitrogens with two attached hydrogens (primary N) is 1. The zero-order chi connectivity index (χ0) is 16.2. The van der Waals surface area contributed by atoms with Crippen molar-refractivity contribution in [1.82, 2.24) is 14.9 Å². The minimum absolute atomic E-state index is 0.661. The van der Waals surface area contributed by atoms with Crippen molar-refractivity contribution in [2.24, 2.45) is 0 Å². The maximum Gasteiger partial charge on any atom is 0.157 e. The number of hydrogen-bond donors (Lipinski definition) is 1. The summed E-state index contributed by atoms with van der Waals surface area (Å²) in [6.45, 7) is 4.88. The second-order valence-electron chi connectivity index (χ2n) is 6.08. The van der Waals surface area contributed by atoms with E-state index in [-0.39, 0.29) is 0 Å². The Labute approximate surface area is 137 Å². The summed E-state index contributed by atoms with van der Waals surface area (Å²) in [5.41, 5.74) is 8.27. The molecule has 2 heterocycles. The molecule has 6 heteroatoms. The topological polar surface area (TPSA) is 61.5 Å². The molecular formula is C17H24N6. The Kier molecular flexibility index (Phi) is 4.62. The number of aromatic nitrogens is 2. The Morgan fingerprint density at radius 3 is 2.39 bits per heavy atom. The first-order chi connectivity index (χ1) is 11.1. The summed E-state index contributed by atoms with van der Waals surface area (Å²) in [5.74, 6) is 1.63. The molecule has 0 atom stereocenters. The van der Waals surface area contributed by atoms with Crippen LogP contribution in [0, 0.1) is 0 Å². The number of hydrogen-bond acceptors (Lipinski definition) is 6. The van der Waals surface area contributed by atoms with Gasteiger partial charge in [0.05, 0.1) is 0 Å². The Hall–Kier alpha value is -2.34. The first-order valence-electron chi connectivity index (χ1n) is 7.94. The second kappa shape index (κ2) is 6.83. The Bertz CT molecular complexity index is 635. The van der Waals surface area contributed by atoms with Gasteiger partial charge in [0.1, 0.15) is 12.0 Å². The van der Waals surface area contributed by atoms with E-state index in [1.54, 1.807) is 6.33 Å². The van der Waals surface area contributed by atoms with Crippen LogP contribution in [0.25, 0.3) is 0 Å². The molecule has 0 unspecified atom stereocenters. The Morgan fingerprint density at radius 2 is 1.74 bits per heavy atom. The molecule has 3 rings (SSSR count). The van der Waals surface area contributed by atoms with E-state index in [0.717, 1.165) is 44.4 Å². The van der Waals surface area contributed by atoms with Gasteiger partial charge in [0.15, 0.2) is 11.6 Å². The van der Waals surface area contributed by atoms with Gasteiger partial charge in [0.2, 0.25) is 0 Å². The number of benzene rings is 1. The van der Waals surface area contributed by atoms with Gasteiger partial charge in [-0.1, -0.05) is 30.3 Å². The van der Waals surface area contributed by atoms with E-state index in [0.29, 0.717) is 5.69 Å². The lowest BCUT2D eigenvalue weighted by Crippen LogP contribution is -2.46. The van der Waals surface area contributed by atoms with E-state index in [1.165, 1.54) is 5.56 Å². The van der Waals surface area contributed by atoms with Gasteiger partial charge in [0, 0.05) is 46.8 Å². The summed E-state index contributed by atoms with van der Waals surface area (Å²) in [6.07, 6.45) is 1.59. The molecule has 2 N–H and O–H groups in total. The van der Waals surface area contributed by atoms with E-state index in [2.05, 4.69) is 50.1 Å². The molecule has 1 aromatic carbocycles. The van der Waals surface area contributed by atoms with Gasteiger partial charge in [-0.05, 0) is 5.56 Å². The molecular weight excluding hydrogens is 288 g/mol. The van der Waals surface area contributed by atoms with Gasteiger partial charge in [-0.25, -0.2) is 9.97 Å². The van der Waals surface area contributed by atoms with Crippen molar-refractivity contribution in [3.05, 3.63) is 42.2 Å². The van der Waals surface area contributed by atoms with Crippen LogP contribution in [0.2, 0.25) is 0 Å². The van der Waals surface area contributed by atoms with Crippen molar-refractivity contribution in [1.29, 1.82) is 0 Å². The first kappa shape index (κ1) is 15.6.